The highest BCUT2D eigenvalue weighted by molar-refractivity contribution is 8.14. The van der Waals surface area contributed by atoms with Crippen molar-refractivity contribution in [3.8, 4) is 5.75 Å². The van der Waals surface area contributed by atoms with Crippen molar-refractivity contribution in [2.75, 3.05) is 5.75 Å². The number of hydrogen-bond donors (Lipinski definition) is 1. The van der Waals surface area contributed by atoms with Gasteiger partial charge in [0.15, 0.2) is 0 Å². The number of carbonyl (C=O) groups is 1. The molecule has 1 atom stereocenters. The summed E-state index contributed by atoms with van der Waals surface area (Å²) >= 11 is 1.44. The smallest absolute Gasteiger partial charge is 0.145 e. The van der Waals surface area contributed by atoms with Gasteiger partial charge in [0.25, 0.3) is 0 Å². The lowest BCUT2D eigenvalue weighted by Gasteiger charge is -1.99. The molecule has 0 saturated carbocycles. The fraction of sp³-hybridized carbons (Fsp3) is 0.222. The first-order chi connectivity index (χ1) is 6.81. The molecule has 2 rings (SSSR count). The number of carbonyl (C=O) groups excluding carboxylic acids is 1. The molecule has 1 aliphatic heterocycles. The lowest BCUT2D eigenvalue weighted by molar-refractivity contribution is -0.108. The lowest BCUT2D eigenvalue weighted by atomic mass is 10.3. The number of aldehydes is 1. The Labute approximate surface area is 85.1 Å². The van der Waals surface area contributed by atoms with Crippen LogP contribution in [0.2, 0.25) is 0 Å². The van der Waals surface area contributed by atoms with Crippen LogP contribution in [0.25, 0.3) is 0 Å². The zero-order valence-corrected chi connectivity index (χ0v) is 8.07. The van der Waals surface area contributed by atoms with Gasteiger partial charge in [-0.3, -0.25) is 9.98 Å². The largest absolute Gasteiger partial charge is 0.506 e. The second kappa shape index (κ2) is 3.79. The van der Waals surface area contributed by atoms with Crippen LogP contribution in [0.4, 0.5) is 0 Å². The minimum Gasteiger partial charge on any atom is -0.506 e. The zero-order chi connectivity index (χ0) is 9.97. The van der Waals surface area contributed by atoms with Crippen molar-refractivity contribution in [1.29, 1.82) is 0 Å². The normalized spacial score (nSPS) is 20.6. The van der Waals surface area contributed by atoms with E-state index in [1.807, 2.05) is 0 Å². The highest BCUT2D eigenvalue weighted by atomic mass is 32.2. The van der Waals surface area contributed by atoms with E-state index in [0.29, 0.717) is 16.5 Å². The number of pyridine rings is 1. The Balaban J connectivity index is 2.33. The van der Waals surface area contributed by atoms with Crippen LogP contribution < -0.4 is 0 Å². The van der Waals surface area contributed by atoms with E-state index in [2.05, 4.69) is 9.98 Å². The summed E-state index contributed by atoms with van der Waals surface area (Å²) in [7, 11) is 0. The second-order valence-corrected chi connectivity index (χ2v) is 3.83. The number of hydrogen-bond acceptors (Lipinski definition) is 5. The van der Waals surface area contributed by atoms with Crippen molar-refractivity contribution in [1.82, 2.24) is 4.98 Å². The van der Waals surface area contributed by atoms with Crippen molar-refractivity contribution >= 4 is 23.1 Å². The highest BCUT2D eigenvalue weighted by Crippen LogP contribution is 2.26. The summed E-state index contributed by atoms with van der Waals surface area (Å²) in [6.45, 7) is 0. The Bertz CT molecular complexity index is 392. The number of thioether (sulfide) groups is 1. The summed E-state index contributed by atoms with van der Waals surface area (Å²) < 4.78 is 0. The van der Waals surface area contributed by atoms with Gasteiger partial charge in [-0.25, -0.2) is 0 Å². The summed E-state index contributed by atoms with van der Waals surface area (Å²) in [6, 6.07) is 2.91. The van der Waals surface area contributed by atoms with Gasteiger partial charge < -0.3 is 9.90 Å². The minimum atomic E-state index is -0.295. The van der Waals surface area contributed by atoms with Gasteiger partial charge in [-0.05, 0) is 12.1 Å². The van der Waals surface area contributed by atoms with E-state index >= 15 is 0 Å². The maximum absolute atomic E-state index is 10.5. The quantitative estimate of drug-likeness (QED) is 0.732. The lowest BCUT2D eigenvalue weighted by Crippen LogP contribution is -2.03. The van der Waals surface area contributed by atoms with Gasteiger partial charge in [-0.1, -0.05) is 0 Å². The van der Waals surface area contributed by atoms with Gasteiger partial charge in [0.05, 0.1) is 0 Å². The summed E-state index contributed by atoms with van der Waals surface area (Å²) in [5.41, 5.74) is 0.460. The van der Waals surface area contributed by atoms with Gasteiger partial charge in [-0.15, -0.1) is 11.8 Å². The third kappa shape index (κ3) is 1.63. The molecule has 4 nitrogen and oxygen atoms in total. The van der Waals surface area contributed by atoms with E-state index in [1.54, 1.807) is 18.3 Å². The average Bonchev–Trinajstić information content (AvgIpc) is 2.67. The summed E-state index contributed by atoms with van der Waals surface area (Å²) in [5.74, 6) is 0.736. The molecule has 72 valence electrons. The molecule has 1 aromatic rings. The molecule has 0 spiro atoms. The number of aliphatic imine (C=N–C) groups is 1. The Morgan fingerprint density at radius 3 is 3.14 bits per heavy atom. The van der Waals surface area contributed by atoms with E-state index in [1.165, 1.54) is 11.8 Å². The van der Waals surface area contributed by atoms with E-state index in [-0.39, 0.29) is 11.8 Å². The molecule has 1 aliphatic rings. The number of aromatic hydroxyl groups is 1. The van der Waals surface area contributed by atoms with Crippen LogP contribution in [-0.4, -0.2) is 33.2 Å². The predicted octanol–water partition coefficient (Wildman–Crippen LogP) is 0.848. The van der Waals surface area contributed by atoms with Gasteiger partial charge in [-0.2, -0.15) is 0 Å². The average molecular weight is 208 g/mol. The van der Waals surface area contributed by atoms with Crippen LogP contribution >= 0.6 is 11.8 Å². The third-order valence-electron chi connectivity index (χ3n) is 1.82. The molecule has 14 heavy (non-hydrogen) atoms. The molecular formula is C9H8N2O2S. The van der Waals surface area contributed by atoms with Crippen molar-refractivity contribution in [2.45, 2.75) is 6.04 Å². The third-order valence-corrected chi connectivity index (χ3v) is 2.90. The first-order valence-electron chi connectivity index (χ1n) is 4.11. The monoisotopic (exact) mass is 208 g/mol. The van der Waals surface area contributed by atoms with Crippen LogP contribution in [0.3, 0.4) is 0 Å². The Kier molecular flexibility index (Phi) is 2.49. The molecule has 0 saturated heterocycles. The topological polar surface area (TPSA) is 62.5 Å². The summed E-state index contributed by atoms with van der Waals surface area (Å²) in [6.07, 6.45) is 2.40. The van der Waals surface area contributed by atoms with Gasteiger partial charge in [0.1, 0.15) is 28.8 Å². The van der Waals surface area contributed by atoms with Gasteiger partial charge in [0, 0.05) is 11.9 Å². The van der Waals surface area contributed by atoms with Gasteiger partial charge in [0.2, 0.25) is 0 Å². The van der Waals surface area contributed by atoms with Crippen LogP contribution in [0, 0.1) is 0 Å². The van der Waals surface area contributed by atoms with Gasteiger partial charge >= 0.3 is 0 Å². The maximum atomic E-state index is 10.5. The Morgan fingerprint density at radius 1 is 1.64 bits per heavy atom. The highest BCUT2D eigenvalue weighted by Gasteiger charge is 2.21. The predicted molar refractivity (Wildman–Crippen MR) is 54.7 cm³/mol. The molecular weight excluding hydrogens is 200 g/mol. The first-order valence-corrected chi connectivity index (χ1v) is 5.10. The molecule has 1 unspecified atom stereocenters. The zero-order valence-electron chi connectivity index (χ0n) is 7.25. The van der Waals surface area contributed by atoms with Crippen molar-refractivity contribution in [3.05, 3.63) is 24.0 Å². The fourth-order valence-corrected chi connectivity index (χ4v) is 2.14. The molecule has 1 N–H and O–H groups in total. The van der Waals surface area contributed by atoms with E-state index in [0.717, 1.165) is 6.29 Å². The van der Waals surface area contributed by atoms with Crippen LogP contribution in [0.1, 0.15) is 5.69 Å². The molecule has 0 fully saturated rings. The Hall–Kier alpha value is -1.36. The standard InChI is InChI=1S/C9H8N2O2S/c12-4-6-5-14-9(11-6)8-7(13)2-1-3-10-8/h1-4,6,13H,5H2. The first kappa shape index (κ1) is 9.21. The molecule has 5 heteroatoms. The fourth-order valence-electron chi connectivity index (χ4n) is 1.15. The second-order valence-electron chi connectivity index (χ2n) is 2.82. The summed E-state index contributed by atoms with van der Waals surface area (Å²) in [4.78, 5) is 18.6. The van der Waals surface area contributed by atoms with Crippen molar-refractivity contribution in [3.63, 3.8) is 0 Å². The van der Waals surface area contributed by atoms with Crippen molar-refractivity contribution in [2.24, 2.45) is 4.99 Å². The van der Waals surface area contributed by atoms with Crippen LogP contribution in [0.15, 0.2) is 23.3 Å². The molecule has 0 amide bonds. The molecule has 1 aromatic heterocycles. The molecule has 2 heterocycles. The number of aromatic nitrogens is 1. The minimum absolute atomic E-state index is 0.102. The SMILES string of the molecule is O=CC1CSC(c2ncccc2O)=N1. The van der Waals surface area contributed by atoms with E-state index in [9.17, 15) is 9.90 Å². The molecule has 0 aromatic carbocycles. The van der Waals surface area contributed by atoms with Crippen molar-refractivity contribution < 1.29 is 9.90 Å². The summed E-state index contributed by atoms with van der Waals surface area (Å²) in [5, 5.41) is 10.1. The Morgan fingerprint density at radius 2 is 2.50 bits per heavy atom. The van der Waals surface area contributed by atoms with Crippen LogP contribution in [0.5, 0.6) is 5.75 Å². The van der Waals surface area contributed by atoms with Crippen LogP contribution in [-0.2, 0) is 4.79 Å². The van der Waals surface area contributed by atoms with E-state index < -0.39 is 0 Å². The van der Waals surface area contributed by atoms with E-state index in [4.69, 9.17) is 0 Å². The molecule has 0 radical (unpaired) electrons. The number of rotatable bonds is 2. The number of nitrogens with zero attached hydrogens (tertiary/aromatic N) is 2. The molecule has 0 bridgehead atoms. The maximum Gasteiger partial charge on any atom is 0.145 e. The molecule has 0 aliphatic carbocycles.